The van der Waals surface area contributed by atoms with Gasteiger partial charge in [-0.1, -0.05) is 18.2 Å². The lowest BCUT2D eigenvalue weighted by Gasteiger charge is -2.12. The number of nitrogens with zero attached hydrogens (tertiary/aromatic N) is 1. The normalized spacial score (nSPS) is 10.8. The molecule has 15 heavy (non-hydrogen) atoms. The second kappa shape index (κ2) is 4.50. The van der Waals surface area contributed by atoms with Gasteiger partial charge in [0, 0.05) is 17.7 Å². The average Bonchev–Trinajstić information content (AvgIpc) is 2.16. The van der Waals surface area contributed by atoms with Crippen LogP contribution in [-0.4, -0.2) is 25.9 Å². The number of carbonyl (C=O) groups is 1. The van der Waals surface area contributed by atoms with E-state index in [2.05, 4.69) is 0 Å². The summed E-state index contributed by atoms with van der Waals surface area (Å²) in [5, 5.41) is 0. The maximum atomic E-state index is 11.2. The van der Waals surface area contributed by atoms with Gasteiger partial charge in [-0.2, -0.15) is 12.7 Å². The molecule has 0 spiro atoms. The molecule has 0 aromatic heterocycles. The van der Waals surface area contributed by atoms with Crippen molar-refractivity contribution in [3.63, 3.8) is 0 Å². The number of carbonyl (C=O) groups excluding carboxylic acids is 1. The van der Waals surface area contributed by atoms with E-state index in [1.165, 1.54) is 12.1 Å². The maximum absolute atomic E-state index is 11.2. The zero-order chi connectivity index (χ0) is 11.5. The number of hydrogen-bond acceptors (Lipinski definition) is 4. The molecule has 1 amide bonds. The summed E-state index contributed by atoms with van der Waals surface area (Å²) in [6.45, 7) is 0. The molecular weight excluding hydrogens is 242 g/mol. The first-order valence-electron chi connectivity index (χ1n) is 3.86. The highest BCUT2D eigenvalue weighted by Crippen LogP contribution is 2.12. The molecule has 0 aliphatic carbocycles. The number of para-hydroxylation sites is 1. The van der Waals surface area contributed by atoms with Gasteiger partial charge in [-0.3, -0.25) is 0 Å². The molecule has 0 aliphatic heterocycles. The lowest BCUT2D eigenvalue weighted by Crippen LogP contribution is -2.32. The molecule has 0 atom stereocenters. The molecule has 0 heterocycles. The summed E-state index contributed by atoms with van der Waals surface area (Å²) in [4.78, 5) is 11.2. The van der Waals surface area contributed by atoms with Crippen LogP contribution in [0.2, 0.25) is 0 Å². The average molecular weight is 250 g/mol. The largest absolute Gasteiger partial charge is 0.429 e. The van der Waals surface area contributed by atoms with Crippen molar-refractivity contribution >= 4 is 26.0 Å². The van der Waals surface area contributed by atoms with Gasteiger partial charge in [0.25, 0.3) is 0 Å². The Kier molecular flexibility index (Phi) is 3.54. The third kappa shape index (κ3) is 3.41. The van der Waals surface area contributed by atoms with Gasteiger partial charge in [0.1, 0.15) is 5.75 Å². The van der Waals surface area contributed by atoms with Gasteiger partial charge in [-0.25, -0.2) is 4.79 Å². The van der Waals surface area contributed by atoms with E-state index >= 15 is 0 Å². The van der Waals surface area contributed by atoms with Crippen molar-refractivity contribution < 1.29 is 17.9 Å². The zero-order valence-corrected chi connectivity index (χ0v) is 9.33. The fourth-order valence-electron chi connectivity index (χ4n) is 0.743. The van der Waals surface area contributed by atoms with Crippen molar-refractivity contribution in [1.82, 2.24) is 4.31 Å². The van der Waals surface area contributed by atoms with E-state index < -0.39 is 15.3 Å². The Hall–Kier alpha value is -1.27. The van der Waals surface area contributed by atoms with Gasteiger partial charge in [-0.15, -0.1) is 0 Å². The third-order valence-electron chi connectivity index (χ3n) is 1.53. The molecule has 1 aromatic carbocycles. The molecule has 0 N–H and O–H groups in total. The van der Waals surface area contributed by atoms with Crippen LogP contribution in [0.4, 0.5) is 4.79 Å². The van der Waals surface area contributed by atoms with Gasteiger partial charge in [-0.05, 0) is 12.1 Å². The standard InChI is InChI=1S/C8H8ClNO4S/c1-10(15(9,12)13)8(11)14-7-5-3-2-4-6-7/h2-6H,1H3. The number of halogens is 1. The van der Waals surface area contributed by atoms with Gasteiger partial charge in [0.05, 0.1) is 0 Å². The Labute approximate surface area is 91.8 Å². The summed E-state index contributed by atoms with van der Waals surface area (Å²) in [5.41, 5.74) is 0. The van der Waals surface area contributed by atoms with E-state index in [9.17, 15) is 13.2 Å². The van der Waals surface area contributed by atoms with Crippen LogP contribution in [0.1, 0.15) is 0 Å². The first-order valence-corrected chi connectivity index (χ1v) is 6.13. The minimum atomic E-state index is -4.09. The van der Waals surface area contributed by atoms with Crippen molar-refractivity contribution in [2.75, 3.05) is 7.05 Å². The SMILES string of the molecule is CN(C(=O)Oc1ccccc1)S(=O)(=O)Cl. The van der Waals surface area contributed by atoms with Crippen molar-refractivity contribution in [2.45, 2.75) is 0 Å². The molecule has 7 heteroatoms. The number of ether oxygens (including phenoxy) is 1. The minimum absolute atomic E-state index is 0.245. The Morgan fingerprint density at radius 1 is 1.33 bits per heavy atom. The molecular formula is C8H8ClNO4S. The van der Waals surface area contributed by atoms with Crippen LogP contribution in [0.5, 0.6) is 5.75 Å². The van der Waals surface area contributed by atoms with Crippen LogP contribution in [-0.2, 0) is 9.24 Å². The fourth-order valence-corrected chi connectivity index (χ4v) is 1.13. The molecule has 0 saturated heterocycles. The molecule has 0 fully saturated rings. The molecule has 5 nitrogen and oxygen atoms in total. The number of rotatable bonds is 2. The monoisotopic (exact) mass is 249 g/mol. The van der Waals surface area contributed by atoms with E-state index in [4.69, 9.17) is 15.4 Å². The van der Waals surface area contributed by atoms with Crippen molar-refractivity contribution in [3.05, 3.63) is 30.3 Å². The molecule has 0 bridgehead atoms. The lowest BCUT2D eigenvalue weighted by atomic mass is 10.3. The summed E-state index contributed by atoms with van der Waals surface area (Å²) < 4.78 is 26.5. The predicted molar refractivity (Wildman–Crippen MR) is 55.0 cm³/mol. The van der Waals surface area contributed by atoms with Crippen molar-refractivity contribution in [2.24, 2.45) is 0 Å². The van der Waals surface area contributed by atoms with Crippen LogP contribution in [0, 0.1) is 0 Å². The fraction of sp³-hybridized carbons (Fsp3) is 0.125. The zero-order valence-electron chi connectivity index (χ0n) is 7.75. The summed E-state index contributed by atoms with van der Waals surface area (Å²) in [5.74, 6) is 0.245. The summed E-state index contributed by atoms with van der Waals surface area (Å²) in [7, 11) is 1.86. The molecule has 82 valence electrons. The van der Waals surface area contributed by atoms with E-state index in [1.54, 1.807) is 18.2 Å². The smallest absolute Gasteiger partial charge is 0.409 e. The van der Waals surface area contributed by atoms with E-state index in [0.717, 1.165) is 7.05 Å². The van der Waals surface area contributed by atoms with Gasteiger partial charge >= 0.3 is 15.3 Å². The Balaban J connectivity index is 2.73. The third-order valence-corrected chi connectivity index (χ3v) is 2.96. The quantitative estimate of drug-likeness (QED) is 0.747. The van der Waals surface area contributed by atoms with Crippen molar-refractivity contribution in [3.8, 4) is 5.75 Å². The first-order chi connectivity index (χ1) is 6.91. The van der Waals surface area contributed by atoms with Crippen LogP contribution in [0.15, 0.2) is 30.3 Å². The highest BCUT2D eigenvalue weighted by molar-refractivity contribution is 8.12. The molecule has 0 aliphatic rings. The van der Waals surface area contributed by atoms with Gasteiger partial charge in [0.2, 0.25) is 0 Å². The molecule has 0 saturated carbocycles. The highest BCUT2D eigenvalue weighted by atomic mass is 35.7. The Morgan fingerprint density at radius 2 is 1.87 bits per heavy atom. The summed E-state index contributed by atoms with van der Waals surface area (Å²) >= 11 is 0. The first kappa shape index (κ1) is 11.8. The molecule has 1 rings (SSSR count). The van der Waals surface area contributed by atoms with Crippen LogP contribution < -0.4 is 4.74 Å². The van der Waals surface area contributed by atoms with E-state index in [-0.39, 0.29) is 5.75 Å². The van der Waals surface area contributed by atoms with Crippen LogP contribution >= 0.6 is 10.7 Å². The van der Waals surface area contributed by atoms with E-state index in [1.807, 2.05) is 0 Å². The van der Waals surface area contributed by atoms with Gasteiger partial charge < -0.3 is 4.74 Å². The molecule has 0 unspecified atom stereocenters. The van der Waals surface area contributed by atoms with Crippen molar-refractivity contribution in [1.29, 1.82) is 0 Å². The number of benzene rings is 1. The number of amides is 1. The lowest BCUT2D eigenvalue weighted by molar-refractivity contribution is 0.185. The molecule has 0 radical (unpaired) electrons. The molecule has 1 aromatic rings. The number of hydrogen-bond donors (Lipinski definition) is 0. The summed E-state index contributed by atoms with van der Waals surface area (Å²) in [6, 6.07) is 8.08. The summed E-state index contributed by atoms with van der Waals surface area (Å²) in [6.07, 6.45) is -1.06. The second-order valence-electron chi connectivity index (χ2n) is 2.59. The second-order valence-corrected chi connectivity index (χ2v) is 5.13. The van der Waals surface area contributed by atoms with Crippen LogP contribution in [0.3, 0.4) is 0 Å². The minimum Gasteiger partial charge on any atom is -0.409 e. The van der Waals surface area contributed by atoms with Crippen LogP contribution in [0.25, 0.3) is 0 Å². The van der Waals surface area contributed by atoms with E-state index in [0.29, 0.717) is 4.31 Å². The van der Waals surface area contributed by atoms with Gasteiger partial charge in [0.15, 0.2) is 0 Å². The predicted octanol–water partition coefficient (Wildman–Crippen LogP) is 1.60. The topological polar surface area (TPSA) is 63.7 Å². The Morgan fingerprint density at radius 3 is 2.33 bits per heavy atom. The Bertz CT molecular complexity index is 445. The maximum Gasteiger partial charge on any atom is 0.429 e. The highest BCUT2D eigenvalue weighted by Gasteiger charge is 2.22.